The lowest BCUT2D eigenvalue weighted by atomic mass is 10.1. The Morgan fingerprint density at radius 2 is 1.19 bits per heavy atom. The number of benzene rings is 4. The number of anilines is 4. The second-order valence-electron chi connectivity index (χ2n) is 10.9. The van der Waals surface area contributed by atoms with Crippen molar-refractivity contribution in [3.8, 4) is 0 Å². The number of amides is 2. The minimum absolute atomic E-state index is 0.0811. The molecule has 52 heavy (non-hydrogen) atoms. The summed E-state index contributed by atoms with van der Waals surface area (Å²) in [6, 6.07) is 12.0. The molecule has 278 valence electrons. The summed E-state index contributed by atoms with van der Waals surface area (Å²) in [6.45, 7) is 2.37. The van der Waals surface area contributed by atoms with Gasteiger partial charge in [0.05, 0.1) is 53.7 Å². The van der Waals surface area contributed by atoms with E-state index >= 15 is 0 Å². The monoisotopic (exact) mass is 958 g/mol. The molecule has 0 atom stereocenters. The standard InChI is InChI=1S/C17H14F3IN2O3.C17H16F3IN2O3/c18-11-3-2-10(16(25)23-26-17(8-24)5-6-17)15(14(11)20)22-13-4-1-9(21)7-12(13)19;1-2-25-7-8-26-23-17(24)11-4-5-12(18)15(20)16(11)22-14-6-3-10(21)9-13(14)19/h1-4,7,22,24H,5-6,8H2,(H,23,25);3-6,9,22H,2,7-8H2,1H3,(H,23,24). The van der Waals surface area contributed by atoms with Crippen LogP contribution in [0.4, 0.5) is 49.1 Å². The maximum Gasteiger partial charge on any atom is 0.277 e. The van der Waals surface area contributed by atoms with Gasteiger partial charge in [0.2, 0.25) is 0 Å². The van der Waals surface area contributed by atoms with Crippen LogP contribution in [0.5, 0.6) is 0 Å². The van der Waals surface area contributed by atoms with Gasteiger partial charge < -0.3 is 20.5 Å². The van der Waals surface area contributed by atoms with Crippen molar-refractivity contribution < 1.29 is 55.5 Å². The highest BCUT2D eigenvalue weighted by Gasteiger charge is 2.45. The Morgan fingerprint density at radius 1 is 0.712 bits per heavy atom. The van der Waals surface area contributed by atoms with E-state index in [1.807, 2.05) is 52.1 Å². The van der Waals surface area contributed by atoms with Crippen LogP contribution in [-0.4, -0.2) is 48.9 Å². The van der Waals surface area contributed by atoms with Gasteiger partial charge in [-0.2, -0.15) is 0 Å². The van der Waals surface area contributed by atoms with E-state index in [-0.39, 0.29) is 42.3 Å². The molecule has 0 spiro atoms. The number of carbonyl (C=O) groups is 2. The first-order valence-electron chi connectivity index (χ1n) is 15.3. The van der Waals surface area contributed by atoms with E-state index in [1.165, 1.54) is 24.3 Å². The number of nitrogens with one attached hydrogen (secondary N) is 4. The van der Waals surface area contributed by atoms with Crippen LogP contribution in [0.1, 0.15) is 40.5 Å². The van der Waals surface area contributed by atoms with Gasteiger partial charge in [0.1, 0.15) is 17.2 Å². The van der Waals surface area contributed by atoms with Gasteiger partial charge >= 0.3 is 0 Å². The first kappa shape index (κ1) is 41.1. The topological polar surface area (TPSA) is 130 Å². The number of rotatable bonds is 14. The summed E-state index contributed by atoms with van der Waals surface area (Å²) in [5.41, 5.74) is 1.69. The fourth-order valence-corrected chi connectivity index (χ4v) is 5.14. The summed E-state index contributed by atoms with van der Waals surface area (Å²) in [6.07, 6.45) is 1.14. The fourth-order valence-electron chi connectivity index (χ4n) is 4.23. The van der Waals surface area contributed by atoms with Gasteiger partial charge in [-0.3, -0.25) is 19.3 Å². The average Bonchev–Trinajstić information content (AvgIpc) is 3.90. The molecule has 0 radical (unpaired) electrons. The van der Waals surface area contributed by atoms with E-state index in [0.29, 0.717) is 26.6 Å². The van der Waals surface area contributed by atoms with E-state index in [4.69, 9.17) is 14.4 Å². The van der Waals surface area contributed by atoms with Crippen molar-refractivity contribution in [1.29, 1.82) is 0 Å². The number of carbonyl (C=O) groups excluding carboxylic acids is 2. The lowest BCUT2D eigenvalue weighted by Crippen LogP contribution is -2.33. The van der Waals surface area contributed by atoms with Crippen LogP contribution < -0.4 is 21.6 Å². The van der Waals surface area contributed by atoms with Crippen LogP contribution >= 0.6 is 45.2 Å². The van der Waals surface area contributed by atoms with E-state index in [1.54, 1.807) is 12.1 Å². The van der Waals surface area contributed by atoms with Crippen LogP contribution in [-0.2, 0) is 14.4 Å². The van der Waals surface area contributed by atoms with Gasteiger partial charge in [-0.1, -0.05) is 0 Å². The normalized spacial score (nSPS) is 12.7. The van der Waals surface area contributed by atoms with Crippen molar-refractivity contribution in [3.05, 3.63) is 114 Å². The van der Waals surface area contributed by atoms with E-state index < -0.39 is 63.7 Å². The Hall–Kier alpha value is -3.70. The van der Waals surface area contributed by atoms with E-state index in [9.17, 15) is 41.0 Å². The molecule has 1 aliphatic rings. The minimum atomic E-state index is -1.32. The summed E-state index contributed by atoms with van der Waals surface area (Å²) in [5.74, 6) is -7.99. The maximum absolute atomic E-state index is 14.2. The van der Waals surface area contributed by atoms with Crippen molar-refractivity contribution in [2.45, 2.75) is 25.4 Å². The SMILES string of the molecule is CCOCCONC(=O)c1ccc(F)c(F)c1Nc1ccc(I)cc1F.O=C(NOC1(CO)CC1)c1ccc(F)c(F)c1Nc1ccc(I)cc1F. The second kappa shape index (κ2) is 18.9. The summed E-state index contributed by atoms with van der Waals surface area (Å²) >= 11 is 3.82. The molecule has 5 N–H and O–H groups in total. The molecule has 10 nitrogen and oxygen atoms in total. The molecule has 0 bridgehead atoms. The molecule has 0 saturated heterocycles. The second-order valence-corrected chi connectivity index (χ2v) is 13.4. The van der Waals surface area contributed by atoms with Crippen LogP contribution in [0.3, 0.4) is 0 Å². The third-order valence-corrected chi connectivity index (χ3v) is 8.56. The molecule has 4 aromatic carbocycles. The number of halogens is 8. The quantitative estimate of drug-likeness (QED) is 0.0375. The molecular weight excluding hydrogens is 928 g/mol. The van der Waals surface area contributed by atoms with Gasteiger partial charge in [0, 0.05) is 13.7 Å². The zero-order chi connectivity index (χ0) is 38.0. The summed E-state index contributed by atoms with van der Waals surface area (Å²) in [5, 5.41) is 14.0. The number of aliphatic hydroxyl groups is 1. The Labute approximate surface area is 320 Å². The molecule has 0 aliphatic heterocycles. The minimum Gasteiger partial charge on any atom is -0.393 e. The van der Waals surface area contributed by atoms with Gasteiger partial charge in [0.25, 0.3) is 11.8 Å². The van der Waals surface area contributed by atoms with E-state index in [0.717, 1.165) is 24.3 Å². The zero-order valence-electron chi connectivity index (χ0n) is 27.0. The Morgan fingerprint density at radius 3 is 1.62 bits per heavy atom. The average molecular weight is 958 g/mol. The number of ether oxygens (including phenoxy) is 1. The number of hydrogen-bond donors (Lipinski definition) is 5. The highest BCUT2D eigenvalue weighted by atomic mass is 127. The van der Waals surface area contributed by atoms with Gasteiger partial charge in [-0.15, -0.1) is 0 Å². The molecule has 2 amide bonds. The van der Waals surface area contributed by atoms with Crippen molar-refractivity contribution in [2.75, 3.05) is 37.1 Å². The van der Waals surface area contributed by atoms with Crippen molar-refractivity contribution >= 4 is 79.7 Å². The predicted octanol–water partition coefficient (Wildman–Crippen LogP) is 7.79. The van der Waals surface area contributed by atoms with Crippen molar-refractivity contribution in [3.63, 3.8) is 0 Å². The first-order chi connectivity index (χ1) is 24.8. The smallest absolute Gasteiger partial charge is 0.277 e. The van der Waals surface area contributed by atoms with Gasteiger partial charge in [-0.05, 0) is 126 Å². The molecule has 1 fully saturated rings. The molecule has 4 aromatic rings. The van der Waals surface area contributed by atoms with Gasteiger partial charge in [0.15, 0.2) is 23.3 Å². The van der Waals surface area contributed by atoms with Crippen LogP contribution in [0.25, 0.3) is 0 Å². The Balaban J connectivity index is 0.000000233. The predicted molar refractivity (Wildman–Crippen MR) is 195 cm³/mol. The summed E-state index contributed by atoms with van der Waals surface area (Å²) in [7, 11) is 0. The molecule has 0 heterocycles. The zero-order valence-corrected chi connectivity index (χ0v) is 31.3. The lowest BCUT2D eigenvalue weighted by molar-refractivity contribution is -0.0566. The fraction of sp³-hybridized carbons (Fsp3) is 0.235. The Kier molecular flexibility index (Phi) is 14.9. The molecule has 1 aliphatic carbocycles. The van der Waals surface area contributed by atoms with E-state index in [2.05, 4.69) is 21.6 Å². The third-order valence-electron chi connectivity index (χ3n) is 7.22. The molecule has 5 rings (SSSR count). The van der Waals surface area contributed by atoms with Gasteiger partial charge in [-0.25, -0.2) is 37.3 Å². The van der Waals surface area contributed by atoms with Crippen LogP contribution in [0.2, 0.25) is 0 Å². The third kappa shape index (κ3) is 10.9. The highest BCUT2D eigenvalue weighted by Crippen LogP contribution is 2.38. The van der Waals surface area contributed by atoms with Crippen molar-refractivity contribution in [1.82, 2.24) is 11.0 Å². The molecule has 0 aromatic heterocycles. The maximum atomic E-state index is 14.2. The van der Waals surface area contributed by atoms with Crippen molar-refractivity contribution in [2.24, 2.45) is 0 Å². The molecular formula is C34H30F6I2N4O6. The first-order valence-corrected chi connectivity index (χ1v) is 17.4. The molecule has 18 heteroatoms. The Bertz CT molecular complexity index is 1920. The summed E-state index contributed by atoms with van der Waals surface area (Å²) < 4.78 is 90.0. The largest absolute Gasteiger partial charge is 0.393 e. The number of hydroxylamine groups is 2. The molecule has 1 saturated carbocycles. The van der Waals surface area contributed by atoms with Crippen LogP contribution in [0, 0.1) is 42.0 Å². The van der Waals surface area contributed by atoms with Crippen LogP contribution in [0.15, 0.2) is 60.7 Å². The number of aliphatic hydroxyl groups excluding tert-OH is 1. The number of hydrogen-bond acceptors (Lipinski definition) is 8. The summed E-state index contributed by atoms with van der Waals surface area (Å²) in [4.78, 5) is 34.6. The lowest BCUT2D eigenvalue weighted by Gasteiger charge is -2.16. The molecule has 0 unspecified atom stereocenters. The highest BCUT2D eigenvalue weighted by molar-refractivity contribution is 14.1.